The van der Waals surface area contributed by atoms with Gasteiger partial charge in [0.25, 0.3) is 5.91 Å². The van der Waals surface area contributed by atoms with Crippen LogP contribution in [0.2, 0.25) is 0 Å². The number of hydrogen-bond acceptors (Lipinski definition) is 4. The highest BCUT2D eigenvalue weighted by Crippen LogP contribution is 2.31. The van der Waals surface area contributed by atoms with Crippen LogP contribution >= 0.6 is 0 Å². The Morgan fingerprint density at radius 2 is 2.04 bits per heavy atom. The summed E-state index contributed by atoms with van der Waals surface area (Å²) in [5.41, 5.74) is 1.23. The van der Waals surface area contributed by atoms with Crippen molar-refractivity contribution in [2.45, 2.75) is 64.3 Å². The SMILES string of the molecule is Cc1c(C(=O)N2CCCCC2CCC(=O)O)oc2c1C(=O)CCC2. The van der Waals surface area contributed by atoms with Gasteiger partial charge in [-0.15, -0.1) is 0 Å². The molecule has 1 amide bonds. The summed E-state index contributed by atoms with van der Waals surface area (Å²) in [5.74, 6) is -0.103. The van der Waals surface area contributed by atoms with E-state index < -0.39 is 5.97 Å². The molecular weight excluding hydrogens is 310 g/mol. The van der Waals surface area contributed by atoms with E-state index in [1.54, 1.807) is 11.8 Å². The molecule has 24 heavy (non-hydrogen) atoms. The maximum Gasteiger partial charge on any atom is 0.303 e. The summed E-state index contributed by atoms with van der Waals surface area (Å²) >= 11 is 0. The fourth-order valence-electron chi connectivity index (χ4n) is 3.84. The maximum atomic E-state index is 13.0. The van der Waals surface area contributed by atoms with Gasteiger partial charge in [-0.1, -0.05) is 0 Å². The van der Waals surface area contributed by atoms with Crippen LogP contribution in [0.4, 0.5) is 0 Å². The van der Waals surface area contributed by atoms with Crippen LogP contribution in [0.1, 0.15) is 77.2 Å². The molecule has 2 aliphatic rings. The number of hydrogen-bond donors (Lipinski definition) is 1. The first-order valence-electron chi connectivity index (χ1n) is 8.67. The smallest absolute Gasteiger partial charge is 0.303 e. The Kier molecular flexibility index (Phi) is 4.73. The predicted molar refractivity (Wildman–Crippen MR) is 86.3 cm³/mol. The largest absolute Gasteiger partial charge is 0.481 e. The minimum Gasteiger partial charge on any atom is -0.481 e. The minimum absolute atomic E-state index is 0.0534. The molecule has 1 atom stereocenters. The van der Waals surface area contributed by atoms with Crippen molar-refractivity contribution < 1.29 is 23.9 Å². The predicted octanol–water partition coefficient (Wildman–Crippen LogP) is 2.97. The van der Waals surface area contributed by atoms with E-state index in [9.17, 15) is 14.4 Å². The summed E-state index contributed by atoms with van der Waals surface area (Å²) in [6.45, 7) is 2.39. The lowest BCUT2D eigenvalue weighted by Gasteiger charge is -2.35. The Morgan fingerprint density at radius 3 is 2.75 bits per heavy atom. The van der Waals surface area contributed by atoms with Gasteiger partial charge >= 0.3 is 5.97 Å². The van der Waals surface area contributed by atoms with Gasteiger partial charge in [-0.25, -0.2) is 0 Å². The van der Waals surface area contributed by atoms with Crippen LogP contribution in [-0.4, -0.2) is 40.3 Å². The van der Waals surface area contributed by atoms with E-state index in [2.05, 4.69) is 0 Å². The van der Waals surface area contributed by atoms with Crippen LogP contribution in [0, 0.1) is 6.92 Å². The van der Waals surface area contributed by atoms with Gasteiger partial charge in [-0.3, -0.25) is 14.4 Å². The molecule has 130 valence electrons. The average Bonchev–Trinajstić information content (AvgIpc) is 2.91. The summed E-state index contributed by atoms with van der Waals surface area (Å²) < 4.78 is 5.77. The van der Waals surface area contributed by atoms with Crippen molar-refractivity contribution in [3.05, 3.63) is 22.6 Å². The molecule has 1 fully saturated rings. The summed E-state index contributed by atoms with van der Waals surface area (Å²) in [4.78, 5) is 37.7. The van der Waals surface area contributed by atoms with Gasteiger partial charge in [0.2, 0.25) is 0 Å². The van der Waals surface area contributed by atoms with Gasteiger partial charge in [0.15, 0.2) is 11.5 Å². The Hall–Kier alpha value is -2.11. The van der Waals surface area contributed by atoms with Gasteiger partial charge < -0.3 is 14.4 Å². The number of carboxylic acid groups (broad SMARTS) is 1. The van der Waals surface area contributed by atoms with Crippen molar-refractivity contribution >= 4 is 17.7 Å². The molecule has 6 nitrogen and oxygen atoms in total. The van der Waals surface area contributed by atoms with Gasteiger partial charge in [0, 0.05) is 37.4 Å². The van der Waals surface area contributed by atoms with Gasteiger partial charge in [-0.05, 0) is 39.0 Å². The van der Waals surface area contributed by atoms with Crippen LogP contribution in [0.15, 0.2) is 4.42 Å². The molecule has 3 rings (SSSR count). The molecule has 0 spiro atoms. The quantitative estimate of drug-likeness (QED) is 0.915. The second-order valence-corrected chi connectivity index (χ2v) is 6.71. The number of ketones is 1. The molecule has 2 heterocycles. The average molecular weight is 333 g/mol. The number of carboxylic acids is 1. The Labute approximate surface area is 140 Å². The molecule has 1 aliphatic carbocycles. The van der Waals surface area contributed by atoms with E-state index in [4.69, 9.17) is 9.52 Å². The van der Waals surface area contributed by atoms with E-state index in [0.717, 1.165) is 25.7 Å². The molecule has 1 unspecified atom stereocenters. The number of Topliss-reactive ketones (excluding diaryl/α,β-unsaturated/α-hetero) is 1. The van der Waals surface area contributed by atoms with Crippen molar-refractivity contribution in [2.24, 2.45) is 0 Å². The summed E-state index contributed by atoms with van der Waals surface area (Å²) in [5, 5.41) is 8.91. The van der Waals surface area contributed by atoms with Crippen molar-refractivity contribution in [3.8, 4) is 0 Å². The standard InChI is InChI=1S/C18H23NO5/c1-11-16-13(20)6-4-7-14(16)24-17(11)18(23)19-10-3-2-5-12(19)8-9-15(21)22/h12H,2-10H2,1H3,(H,21,22). The van der Waals surface area contributed by atoms with Gasteiger partial charge in [0.1, 0.15) is 5.76 Å². The normalized spacial score (nSPS) is 20.8. The first kappa shape index (κ1) is 16.7. The van der Waals surface area contributed by atoms with Crippen molar-refractivity contribution in [2.75, 3.05) is 6.54 Å². The van der Waals surface area contributed by atoms with E-state index in [0.29, 0.717) is 42.7 Å². The number of carbonyl (C=O) groups is 3. The minimum atomic E-state index is -0.844. The molecule has 0 bridgehead atoms. The number of aliphatic carboxylic acids is 1. The highest BCUT2D eigenvalue weighted by atomic mass is 16.4. The number of piperidine rings is 1. The first-order chi connectivity index (χ1) is 11.5. The van der Waals surface area contributed by atoms with Crippen molar-refractivity contribution in [1.29, 1.82) is 0 Å². The molecule has 1 aromatic heterocycles. The van der Waals surface area contributed by atoms with E-state index in [1.165, 1.54) is 0 Å². The number of likely N-dealkylation sites (tertiary alicyclic amines) is 1. The number of carbonyl (C=O) groups excluding carboxylic acids is 2. The molecule has 6 heteroatoms. The molecule has 1 N–H and O–H groups in total. The number of aryl methyl sites for hydroxylation is 1. The molecule has 0 saturated carbocycles. The third-order valence-electron chi connectivity index (χ3n) is 5.08. The highest BCUT2D eigenvalue weighted by Gasteiger charge is 2.34. The molecule has 0 aromatic carbocycles. The highest BCUT2D eigenvalue weighted by molar-refractivity contribution is 6.03. The zero-order valence-corrected chi connectivity index (χ0v) is 14.0. The lowest BCUT2D eigenvalue weighted by molar-refractivity contribution is -0.137. The number of furan rings is 1. The van der Waals surface area contributed by atoms with Crippen LogP contribution < -0.4 is 0 Å². The zero-order chi connectivity index (χ0) is 17.3. The molecule has 1 saturated heterocycles. The molecule has 1 aliphatic heterocycles. The summed E-state index contributed by atoms with van der Waals surface area (Å²) in [6.07, 6.45) is 5.20. The summed E-state index contributed by atoms with van der Waals surface area (Å²) in [6, 6.07) is -0.0698. The Balaban J connectivity index is 1.84. The number of amides is 1. The van der Waals surface area contributed by atoms with Crippen molar-refractivity contribution in [3.63, 3.8) is 0 Å². The monoisotopic (exact) mass is 333 g/mol. The van der Waals surface area contributed by atoms with Crippen molar-refractivity contribution in [1.82, 2.24) is 4.90 Å². The second kappa shape index (κ2) is 6.79. The number of nitrogens with zero attached hydrogens (tertiary/aromatic N) is 1. The van der Waals surface area contributed by atoms with Gasteiger partial charge in [-0.2, -0.15) is 0 Å². The lowest BCUT2D eigenvalue weighted by Crippen LogP contribution is -2.44. The topological polar surface area (TPSA) is 87.8 Å². The second-order valence-electron chi connectivity index (χ2n) is 6.71. The Bertz CT molecular complexity index is 675. The molecule has 0 radical (unpaired) electrons. The maximum absolute atomic E-state index is 13.0. The van der Waals surface area contributed by atoms with E-state index in [-0.39, 0.29) is 29.9 Å². The van der Waals surface area contributed by atoms with Gasteiger partial charge in [0.05, 0.1) is 5.56 Å². The first-order valence-corrected chi connectivity index (χ1v) is 8.67. The number of rotatable bonds is 4. The third-order valence-corrected chi connectivity index (χ3v) is 5.08. The van der Waals surface area contributed by atoms with Crippen LogP contribution in [0.3, 0.4) is 0 Å². The summed E-state index contributed by atoms with van der Waals surface area (Å²) in [7, 11) is 0. The Morgan fingerprint density at radius 1 is 1.25 bits per heavy atom. The molecular formula is C18H23NO5. The lowest BCUT2D eigenvalue weighted by atomic mass is 9.93. The van der Waals surface area contributed by atoms with E-state index >= 15 is 0 Å². The number of fused-ring (bicyclic) bond motifs is 1. The molecule has 1 aromatic rings. The van der Waals surface area contributed by atoms with E-state index in [1.807, 2.05) is 0 Å². The van der Waals surface area contributed by atoms with Crippen LogP contribution in [-0.2, 0) is 11.2 Å². The van der Waals surface area contributed by atoms with Crippen LogP contribution in [0.25, 0.3) is 0 Å². The fourth-order valence-corrected chi connectivity index (χ4v) is 3.84. The van der Waals surface area contributed by atoms with Crippen LogP contribution in [0.5, 0.6) is 0 Å². The third kappa shape index (κ3) is 3.09. The zero-order valence-electron chi connectivity index (χ0n) is 14.0. The fraction of sp³-hybridized carbons (Fsp3) is 0.611.